The van der Waals surface area contributed by atoms with Crippen LogP contribution in [0.25, 0.3) is 0 Å². The van der Waals surface area contributed by atoms with Crippen LogP contribution in [0, 0.1) is 40.4 Å². The molecule has 0 aromatic heterocycles. The third kappa shape index (κ3) is 2.64. The van der Waals surface area contributed by atoms with E-state index in [1.165, 1.54) is 0 Å². The molecule has 0 saturated heterocycles. The second-order valence-corrected chi connectivity index (χ2v) is 10.3. The van der Waals surface area contributed by atoms with Crippen LogP contribution in [0.4, 0.5) is 0 Å². The van der Waals surface area contributed by atoms with Gasteiger partial charge >= 0.3 is 0 Å². The van der Waals surface area contributed by atoms with Crippen LogP contribution in [0.15, 0.2) is 24.3 Å². The minimum Gasteiger partial charge on any atom is -0.389 e. The van der Waals surface area contributed by atoms with Gasteiger partial charge in [-0.15, -0.1) is 6.58 Å². The average Bonchev–Trinajstić information content (AvgIpc) is 2.89. The lowest BCUT2D eigenvalue weighted by atomic mass is 9.46. The van der Waals surface area contributed by atoms with Crippen molar-refractivity contribution < 1.29 is 14.7 Å². The lowest BCUT2D eigenvalue weighted by molar-refractivity contribution is -0.131. The molecule has 0 unspecified atom stereocenters. The molecule has 0 aromatic carbocycles. The largest absolute Gasteiger partial charge is 0.389 e. The Morgan fingerprint density at radius 3 is 2.70 bits per heavy atom. The molecule has 4 aliphatic carbocycles. The number of allylic oxidation sites excluding steroid dienone is 1. The highest BCUT2D eigenvalue weighted by Crippen LogP contribution is 2.68. The van der Waals surface area contributed by atoms with Gasteiger partial charge in [0.25, 0.3) is 0 Å². The Morgan fingerprint density at radius 2 is 2.04 bits per heavy atom. The molecule has 4 rings (SSSR count). The molecule has 0 aromatic rings. The van der Waals surface area contributed by atoms with Crippen LogP contribution in [0.3, 0.4) is 0 Å². The Morgan fingerprint density at radius 1 is 1.30 bits per heavy atom. The van der Waals surface area contributed by atoms with Gasteiger partial charge in [0.15, 0.2) is 5.78 Å². The lowest BCUT2D eigenvalue weighted by Gasteiger charge is -2.59. The molecular formula is C24H34O3. The van der Waals surface area contributed by atoms with E-state index in [4.69, 9.17) is 0 Å². The van der Waals surface area contributed by atoms with Gasteiger partial charge in [0, 0.05) is 12.3 Å². The summed E-state index contributed by atoms with van der Waals surface area (Å²) in [5, 5.41) is 11.0. The molecule has 0 bridgehead atoms. The third-order valence-corrected chi connectivity index (χ3v) is 9.06. The normalized spacial score (nSPS) is 48.9. The van der Waals surface area contributed by atoms with Gasteiger partial charge < -0.3 is 5.11 Å². The van der Waals surface area contributed by atoms with Crippen molar-refractivity contribution >= 4 is 11.6 Å². The summed E-state index contributed by atoms with van der Waals surface area (Å²) in [4.78, 5) is 24.6. The van der Waals surface area contributed by atoms with E-state index in [0.29, 0.717) is 35.9 Å². The topological polar surface area (TPSA) is 54.4 Å². The van der Waals surface area contributed by atoms with E-state index in [9.17, 15) is 14.7 Å². The summed E-state index contributed by atoms with van der Waals surface area (Å²) in [6, 6.07) is 0. The summed E-state index contributed by atoms with van der Waals surface area (Å²) in [6.07, 6.45) is 9.64. The zero-order chi connectivity index (χ0) is 19.6. The molecule has 0 heterocycles. The summed E-state index contributed by atoms with van der Waals surface area (Å²) in [6.45, 7) is 10.3. The number of rotatable bonds is 3. The first-order chi connectivity index (χ1) is 12.7. The Kier molecular flexibility index (Phi) is 4.53. The van der Waals surface area contributed by atoms with Crippen LogP contribution < -0.4 is 0 Å². The summed E-state index contributed by atoms with van der Waals surface area (Å²) in [5.74, 6) is 2.47. The molecule has 3 saturated carbocycles. The molecule has 3 heteroatoms. The fraction of sp³-hybridized carbons (Fsp3) is 0.750. The van der Waals surface area contributed by atoms with Crippen molar-refractivity contribution in [2.24, 2.45) is 40.4 Å². The van der Waals surface area contributed by atoms with Gasteiger partial charge in [0.2, 0.25) is 0 Å². The molecule has 3 nitrogen and oxygen atoms in total. The number of carbonyl (C=O) groups excluding carboxylic acids is 2. The van der Waals surface area contributed by atoms with Crippen LogP contribution >= 0.6 is 0 Å². The van der Waals surface area contributed by atoms with Gasteiger partial charge in [-0.25, -0.2) is 0 Å². The van der Waals surface area contributed by atoms with Gasteiger partial charge in [-0.3, -0.25) is 9.59 Å². The van der Waals surface area contributed by atoms with E-state index in [-0.39, 0.29) is 22.5 Å². The predicted octanol–water partition coefficient (Wildman–Crippen LogP) is 4.50. The number of aliphatic hydroxyl groups is 1. The van der Waals surface area contributed by atoms with E-state index in [1.54, 1.807) is 13.0 Å². The quantitative estimate of drug-likeness (QED) is 0.744. The minimum absolute atomic E-state index is 0.0441. The number of carbonyl (C=O) groups is 2. The first-order valence-electron chi connectivity index (χ1n) is 10.8. The second-order valence-electron chi connectivity index (χ2n) is 10.3. The Balaban J connectivity index is 1.72. The molecule has 4 aliphatic rings. The Labute approximate surface area is 163 Å². The smallest absolute Gasteiger partial charge is 0.155 e. The van der Waals surface area contributed by atoms with Crippen LogP contribution in [0.1, 0.15) is 65.7 Å². The highest BCUT2D eigenvalue weighted by atomic mass is 16.3. The highest BCUT2D eigenvalue weighted by Gasteiger charge is 2.63. The predicted molar refractivity (Wildman–Crippen MR) is 106 cm³/mol. The molecule has 0 spiro atoms. The number of fused-ring (bicyclic) bond motifs is 5. The molecule has 8 atom stereocenters. The Bertz CT molecular complexity index is 706. The minimum atomic E-state index is -0.503. The van der Waals surface area contributed by atoms with Crippen molar-refractivity contribution in [3.05, 3.63) is 24.3 Å². The van der Waals surface area contributed by atoms with Gasteiger partial charge in [0.05, 0.1) is 6.10 Å². The fourth-order valence-electron chi connectivity index (χ4n) is 8.03. The first-order valence-corrected chi connectivity index (χ1v) is 10.8. The molecule has 148 valence electrons. The fourth-order valence-corrected chi connectivity index (χ4v) is 8.03. The number of hydrogen-bond donors (Lipinski definition) is 1. The van der Waals surface area contributed by atoms with Crippen molar-refractivity contribution in [2.45, 2.75) is 71.8 Å². The Hall–Kier alpha value is -1.22. The first kappa shape index (κ1) is 19.1. The molecule has 0 radical (unpaired) electrons. The van der Waals surface area contributed by atoms with E-state index in [1.807, 2.05) is 6.08 Å². The number of aliphatic hydroxyl groups excluding tert-OH is 1. The zero-order valence-corrected chi connectivity index (χ0v) is 17.0. The van der Waals surface area contributed by atoms with Crippen molar-refractivity contribution in [3.63, 3.8) is 0 Å². The van der Waals surface area contributed by atoms with E-state index < -0.39 is 6.10 Å². The molecule has 3 fully saturated rings. The van der Waals surface area contributed by atoms with E-state index in [0.717, 1.165) is 44.1 Å². The summed E-state index contributed by atoms with van der Waals surface area (Å²) >= 11 is 0. The van der Waals surface area contributed by atoms with Gasteiger partial charge in [0.1, 0.15) is 5.78 Å². The van der Waals surface area contributed by atoms with Crippen molar-refractivity contribution in [2.75, 3.05) is 0 Å². The summed E-state index contributed by atoms with van der Waals surface area (Å²) in [5.41, 5.74) is 0.981. The molecule has 1 N–H and O–H groups in total. The van der Waals surface area contributed by atoms with Crippen LogP contribution in [0.2, 0.25) is 0 Å². The molecule has 27 heavy (non-hydrogen) atoms. The number of ketones is 2. The SMILES string of the molecule is C=CC[C@@H]1C[C@H]2[C@@H]3C[C@@H](O)C4=CC(=O)CC[C@]4(C)[C@H]3CC[C@]2(C)[C@H]1C(C)=O. The highest BCUT2D eigenvalue weighted by molar-refractivity contribution is 5.91. The zero-order valence-electron chi connectivity index (χ0n) is 17.0. The standard InChI is InChI=1S/C24H34O3/c1-5-6-15-11-19-17-13-21(27)20-12-16(26)7-9-23(20,3)18(17)8-10-24(19,4)22(15)14(2)25/h5,12,15,17-19,21-22,27H,1,6-11,13H2,2-4H3/t15-,17-,18+,19+,21-,22+,23-,24+/m1/s1. The van der Waals surface area contributed by atoms with Crippen LogP contribution in [-0.2, 0) is 9.59 Å². The monoisotopic (exact) mass is 370 g/mol. The van der Waals surface area contributed by atoms with Gasteiger partial charge in [-0.2, -0.15) is 0 Å². The third-order valence-electron chi connectivity index (χ3n) is 9.06. The maximum atomic E-state index is 12.6. The van der Waals surface area contributed by atoms with E-state index in [2.05, 4.69) is 20.4 Å². The van der Waals surface area contributed by atoms with Gasteiger partial charge in [-0.1, -0.05) is 19.9 Å². The van der Waals surface area contributed by atoms with Crippen molar-refractivity contribution in [1.82, 2.24) is 0 Å². The van der Waals surface area contributed by atoms with Crippen molar-refractivity contribution in [1.29, 1.82) is 0 Å². The number of Topliss-reactive ketones (excluding diaryl/α,β-unsaturated/α-hetero) is 1. The van der Waals surface area contributed by atoms with E-state index >= 15 is 0 Å². The lowest BCUT2D eigenvalue weighted by Crippen LogP contribution is -2.54. The average molecular weight is 371 g/mol. The second kappa shape index (κ2) is 6.40. The summed E-state index contributed by atoms with van der Waals surface area (Å²) < 4.78 is 0. The van der Waals surface area contributed by atoms with Crippen LogP contribution in [-0.4, -0.2) is 22.8 Å². The molecule has 0 amide bonds. The maximum absolute atomic E-state index is 12.6. The van der Waals surface area contributed by atoms with Crippen LogP contribution in [0.5, 0.6) is 0 Å². The maximum Gasteiger partial charge on any atom is 0.155 e. The molecule has 0 aliphatic heterocycles. The van der Waals surface area contributed by atoms with Crippen molar-refractivity contribution in [3.8, 4) is 0 Å². The number of hydrogen-bond acceptors (Lipinski definition) is 3. The van der Waals surface area contributed by atoms with Gasteiger partial charge in [-0.05, 0) is 91.6 Å². The molecular weight excluding hydrogens is 336 g/mol. The summed E-state index contributed by atoms with van der Waals surface area (Å²) in [7, 11) is 0.